The van der Waals surface area contributed by atoms with Crippen LogP contribution in [0.4, 0.5) is 0 Å². The molecule has 4 nitrogen and oxygen atoms in total. The Morgan fingerprint density at radius 1 is 1.30 bits per heavy atom. The lowest BCUT2D eigenvalue weighted by molar-refractivity contribution is -0.152. The second kappa shape index (κ2) is 7.20. The Morgan fingerprint density at radius 2 is 1.90 bits per heavy atom. The van der Waals surface area contributed by atoms with Crippen molar-refractivity contribution in [2.45, 2.75) is 19.8 Å². The number of esters is 1. The maximum Gasteiger partial charge on any atom is 0.313 e. The highest BCUT2D eigenvalue weighted by Crippen LogP contribution is 2.25. The molecule has 0 saturated heterocycles. The molecule has 0 fully saturated rings. The number of ether oxygens (including phenoxy) is 1. The third-order valence-electron chi connectivity index (χ3n) is 3.21. The molecule has 0 aliphatic carbocycles. The van der Waals surface area contributed by atoms with E-state index in [2.05, 4.69) is 0 Å². The van der Waals surface area contributed by atoms with E-state index in [4.69, 9.17) is 10.1 Å². The first-order chi connectivity index (χ1) is 9.37. The summed E-state index contributed by atoms with van der Waals surface area (Å²) in [7, 11) is 5.24. The van der Waals surface area contributed by atoms with Crippen molar-refractivity contribution in [3.8, 4) is 0 Å². The molecule has 0 aliphatic heterocycles. The number of methoxy groups -OCH3 is 1. The number of carbonyl (C=O) groups excluding carboxylic acids is 1. The minimum absolute atomic E-state index is 0.260. The lowest BCUT2D eigenvalue weighted by Gasteiger charge is -2.29. The monoisotopic (exact) mass is 276 g/mol. The Hall–Kier alpha value is -1.68. The van der Waals surface area contributed by atoms with Gasteiger partial charge in [-0.2, -0.15) is 0 Å². The van der Waals surface area contributed by atoms with Crippen LogP contribution in [0.2, 0.25) is 0 Å². The second-order valence-electron chi connectivity index (χ2n) is 5.73. The Morgan fingerprint density at radius 3 is 2.40 bits per heavy atom. The topological polar surface area (TPSA) is 53.4 Å². The van der Waals surface area contributed by atoms with Gasteiger partial charge >= 0.3 is 5.97 Å². The van der Waals surface area contributed by atoms with Gasteiger partial charge < -0.3 is 15.0 Å². The van der Waals surface area contributed by atoms with Crippen molar-refractivity contribution in [3.63, 3.8) is 0 Å². The van der Waals surface area contributed by atoms with E-state index in [0.717, 1.165) is 5.56 Å². The van der Waals surface area contributed by atoms with E-state index in [1.807, 2.05) is 56.3 Å². The SMILES string of the molecule is COC(=O)C(C)(CC(=N)Cc1ccccc1)CN(C)C. The summed E-state index contributed by atoms with van der Waals surface area (Å²) < 4.78 is 4.91. The van der Waals surface area contributed by atoms with E-state index in [-0.39, 0.29) is 5.97 Å². The highest BCUT2D eigenvalue weighted by molar-refractivity contribution is 5.89. The molecule has 1 rings (SSSR count). The van der Waals surface area contributed by atoms with E-state index in [1.54, 1.807) is 0 Å². The number of carbonyl (C=O) groups is 1. The van der Waals surface area contributed by atoms with Crippen molar-refractivity contribution in [1.82, 2.24) is 4.90 Å². The van der Waals surface area contributed by atoms with Crippen molar-refractivity contribution in [2.75, 3.05) is 27.7 Å². The normalized spacial score (nSPS) is 13.8. The minimum atomic E-state index is -0.676. The Bertz CT molecular complexity index is 457. The lowest BCUT2D eigenvalue weighted by atomic mass is 9.83. The molecule has 0 heterocycles. The Labute approximate surface area is 121 Å². The number of rotatable bonds is 7. The summed E-state index contributed by atoms with van der Waals surface area (Å²) in [6.45, 7) is 2.43. The summed E-state index contributed by atoms with van der Waals surface area (Å²) in [6.07, 6.45) is 0.980. The summed E-state index contributed by atoms with van der Waals surface area (Å²) in [5.74, 6) is -0.260. The van der Waals surface area contributed by atoms with Crippen molar-refractivity contribution < 1.29 is 9.53 Å². The van der Waals surface area contributed by atoms with Crippen molar-refractivity contribution in [2.24, 2.45) is 5.41 Å². The predicted molar refractivity (Wildman–Crippen MR) is 81.2 cm³/mol. The zero-order chi connectivity index (χ0) is 15.2. The van der Waals surface area contributed by atoms with Gasteiger partial charge in [0, 0.05) is 25.1 Å². The lowest BCUT2D eigenvalue weighted by Crippen LogP contribution is -2.40. The predicted octanol–water partition coefficient (Wildman–Crippen LogP) is 2.38. The van der Waals surface area contributed by atoms with Crippen LogP contribution in [0.1, 0.15) is 18.9 Å². The maximum atomic E-state index is 12.0. The molecule has 0 spiro atoms. The fourth-order valence-electron chi connectivity index (χ4n) is 2.51. The average molecular weight is 276 g/mol. The fraction of sp³-hybridized carbons (Fsp3) is 0.500. The minimum Gasteiger partial charge on any atom is -0.469 e. The van der Waals surface area contributed by atoms with Gasteiger partial charge in [-0.05, 0) is 26.6 Å². The number of hydrogen-bond donors (Lipinski definition) is 1. The molecule has 110 valence electrons. The quantitative estimate of drug-likeness (QED) is 0.614. The van der Waals surface area contributed by atoms with Gasteiger partial charge in [-0.15, -0.1) is 0 Å². The number of hydrogen-bond acceptors (Lipinski definition) is 4. The summed E-state index contributed by atoms with van der Waals surface area (Å²) in [6, 6.07) is 9.87. The first-order valence-corrected chi connectivity index (χ1v) is 6.71. The van der Waals surface area contributed by atoms with E-state index in [0.29, 0.717) is 25.1 Å². The van der Waals surface area contributed by atoms with E-state index in [9.17, 15) is 4.79 Å². The van der Waals surface area contributed by atoms with Crippen LogP contribution < -0.4 is 0 Å². The third-order valence-corrected chi connectivity index (χ3v) is 3.21. The molecular weight excluding hydrogens is 252 g/mol. The standard InChI is InChI=1S/C16H24N2O2/c1-16(12-18(2)3,15(19)20-4)11-14(17)10-13-8-6-5-7-9-13/h5-9,17H,10-12H2,1-4H3. The van der Waals surface area contributed by atoms with Crippen molar-refractivity contribution >= 4 is 11.7 Å². The summed E-state index contributed by atoms with van der Waals surface area (Å²) in [4.78, 5) is 14.0. The van der Waals surface area contributed by atoms with Crippen LogP contribution >= 0.6 is 0 Å². The number of nitrogens with zero attached hydrogens (tertiary/aromatic N) is 1. The summed E-state index contributed by atoms with van der Waals surface area (Å²) in [5, 5.41) is 8.17. The van der Waals surface area contributed by atoms with Crippen LogP contribution in [0.15, 0.2) is 30.3 Å². The molecule has 1 aromatic carbocycles. The van der Waals surface area contributed by atoms with Crippen LogP contribution in [-0.2, 0) is 16.0 Å². The zero-order valence-corrected chi connectivity index (χ0v) is 12.8. The average Bonchev–Trinajstić information content (AvgIpc) is 2.37. The molecule has 1 atom stereocenters. The van der Waals surface area contributed by atoms with Crippen LogP contribution in [0.3, 0.4) is 0 Å². The molecular formula is C16H24N2O2. The molecule has 0 radical (unpaired) electrons. The third kappa shape index (κ3) is 4.78. The fourth-order valence-corrected chi connectivity index (χ4v) is 2.51. The molecule has 1 N–H and O–H groups in total. The van der Waals surface area contributed by atoms with E-state index >= 15 is 0 Å². The molecule has 0 amide bonds. The largest absolute Gasteiger partial charge is 0.469 e. The van der Waals surface area contributed by atoms with Crippen LogP contribution in [0, 0.1) is 10.8 Å². The molecule has 1 aromatic rings. The van der Waals surface area contributed by atoms with Gasteiger partial charge in [0.05, 0.1) is 12.5 Å². The highest BCUT2D eigenvalue weighted by atomic mass is 16.5. The molecule has 20 heavy (non-hydrogen) atoms. The van der Waals surface area contributed by atoms with Gasteiger partial charge in [-0.3, -0.25) is 4.79 Å². The molecule has 0 aliphatic rings. The van der Waals surface area contributed by atoms with Gasteiger partial charge in [0.25, 0.3) is 0 Å². The first-order valence-electron chi connectivity index (χ1n) is 6.71. The van der Waals surface area contributed by atoms with Gasteiger partial charge in [0.15, 0.2) is 0 Å². The maximum absolute atomic E-state index is 12.0. The summed E-state index contributed by atoms with van der Waals surface area (Å²) >= 11 is 0. The highest BCUT2D eigenvalue weighted by Gasteiger charge is 2.36. The Balaban J connectivity index is 2.74. The van der Waals surface area contributed by atoms with Crippen LogP contribution in [0.25, 0.3) is 0 Å². The van der Waals surface area contributed by atoms with Gasteiger partial charge in [-0.1, -0.05) is 30.3 Å². The van der Waals surface area contributed by atoms with Crippen molar-refractivity contribution in [1.29, 1.82) is 5.41 Å². The summed E-state index contributed by atoms with van der Waals surface area (Å²) in [5.41, 5.74) is 0.963. The molecule has 1 unspecified atom stereocenters. The number of nitrogens with one attached hydrogen (secondary N) is 1. The molecule has 4 heteroatoms. The van der Waals surface area contributed by atoms with Crippen LogP contribution in [0.5, 0.6) is 0 Å². The smallest absolute Gasteiger partial charge is 0.313 e. The van der Waals surface area contributed by atoms with Gasteiger partial charge in [0.2, 0.25) is 0 Å². The first kappa shape index (κ1) is 16.4. The van der Waals surface area contributed by atoms with Gasteiger partial charge in [-0.25, -0.2) is 0 Å². The molecule has 0 bridgehead atoms. The van der Waals surface area contributed by atoms with Gasteiger partial charge in [0.1, 0.15) is 0 Å². The van der Waals surface area contributed by atoms with E-state index < -0.39 is 5.41 Å². The van der Waals surface area contributed by atoms with E-state index in [1.165, 1.54) is 7.11 Å². The molecule has 0 saturated carbocycles. The zero-order valence-electron chi connectivity index (χ0n) is 12.8. The number of benzene rings is 1. The molecule has 0 aromatic heterocycles. The van der Waals surface area contributed by atoms with Crippen LogP contribution in [-0.4, -0.2) is 44.3 Å². The van der Waals surface area contributed by atoms with Crippen molar-refractivity contribution in [3.05, 3.63) is 35.9 Å². The second-order valence-corrected chi connectivity index (χ2v) is 5.73. The Kier molecular flexibility index (Phi) is 5.89.